The van der Waals surface area contributed by atoms with E-state index in [2.05, 4.69) is 44.9 Å². The Labute approximate surface area is 180 Å². The van der Waals surface area contributed by atoms with E-state index >= 15 is 0 Å². The van der Waals surface area contributed by atoms with Gasteiger partial charge in [0.25, 0.3) is 11.1 Å². The summed E-state index contributed by atoms with van der Waals surface area (Å²) in [5.41, 5.74) is 3.75. The third-order valence-electron chi connectivity index (χ3n) is 6.12. The standard InChI is InChI=1S/C24H25FN2O2S/c1-15-13-24(2,3)26(4)20-10-9-16(11-18(15)20)12-21-22(28)27(23(29)30-21)14-17-7-5-6-8-19(17)25/h5-12,15H,13-14H2,1-4H3/b21-12-. The monoisotopic (exact) mass is 424 g/mol. The van der Waals surface area contributed by atoms with Crippen LogP contribution in [0.2, 0.25) is 0 Å². The minimum atomic E-state index is -0.420. The molecule has 0 aliphatic carbocycles. The fraction of sp³-hybridized carbons (Fsp3) is 0.333. The molecule has 1 unspecified atom stereocenters. The summed E-state index contributed by atoms with van der Waals surface area (Å²) in [6.45, 7) is 6.65. The summed E-state index contributed by atoms with van der Waals surface area (Å²) < 4.78 is 13.9. The number of carbonyl (C=O) groups is 2. The molecule has 2 aliphatic rings. The highest BCUT2D eigenvalue weighted by atomic mass is 32.2. The number of imide groups is 1. The van der Waals surface area contributed by atoms with Crippen molar-refractivity contribution in [3.05, 3.63) is 69.9 Å². The maximum absolute atomic E-state index is 13.9. The van der Waals surface area contributed by atoms with Gasteiger partial charge >= 0.3 is 0 Å². The Kier molecular flexibility index (Phi) is 5.22. The Morgan fingerprint density at radius 2 is 1.93 bits per heavy atom. The number of hydrogen-bond acceptors (Lipinski definition) is 4. The summed E-state index contributed by atoms with van der Waals surface area (Å²) >= 11 is 0.906. The molecule has 156 valence electrons. The van der Waals surface area contributed by atoms with Gasteiger partial charge in [-0.15, -0.1) is 0 Å². The smallest absolute Gasteiger partial charge is 0.293 e. The van der Waals surface area contributed by atoms with E-state index in [4.69, 9.17) is 0 Å². The van der Waals surface area contributed by atoms with Crippen LogP contribution in [0.3, 0.4) is 0 Å². The molecule has 4 rings (SSSR count). The van der Waals surface area contributed by atoms with E-state index in [1.807, 2.05) is 6.07 Å². The van der Waals surface area contributed by atoms with E-state index in [9.17, 15) is 14.0 Å². The zero-order valence-corrected chi connectivity index (χ0v) is 18.4. The van der Waals surface area contributed by atoms with Crippen LogP contribution in [0, 0.1) is 5.82 Å². The molecule has 0 spiro atoms. The van der Waals surface area contributed by atoms with Crippen LogP contribution in [0.4, 0.5) is 14.9 Å². The number of amides is 2. The molecule has 1 atom stereocenters. The van der Waals surface area contributed by atoms with Crippen LogP contribution in [-0.4, -0.2) is 28.6 Å². The first kappa shape index (κ1) is 20.7. The van der Waals surface area contributed by atoms with Gasteiger partial charge in [0, 0.05) is 23.8 Å². The second kappa shape index (κ2) is 7.58. The topological polar surface area (TPSA) is 40.6 Å². The van der Waals surface area contributed by atoms with Crippen molar-refractivity contribution < 1.29 is 14.0 Å². The van der Waals surface area contributed by atoms with E-state index in [1.54, 1.807) is 24.3 Å². The van der Waals surface area contributed by atoms with Crippen molar-refractivity contribution in [2.45, 2.75) is 45.2 Å². The minimum absolute atomic E-state index is 0.0597. The van der Waals surface area contributed by atoms with E-state index in [0.717, 1.165) is 28.6 Å². The minimum Gasteiger partial charge on any atom is -0.369 e. The number of thioether (sulfide) groups is 1. The lowest BCUT2D eigenvalue weighted by Crippen LogP contribution is -2.45. The van der Waals surface area contributed by atoms with E-state index in [-0.39, 0.29) is 23.2 Å². The molecule has 2 heterocycles. The number of nitrogens with zero attached hydrogens (tertiary/aromatic N) is 2. The number of halogens is 1. The predicted octanol–water partition coefficient (Wildman–Crippen LogP) is 5.78. The molecule has 0 bridgehead atoms. The van der Waals surface area contributed by atoms with Crippen LogP contribution >= 0.6 is 11.8 Å². The Bertz CT molecular complexity index is 1060. The Morgan fingerprint density at radius 3 is 2.67 bits per heavy atom. The summed E-state index contributed by atoms with van der Waals surface area (Å²) in [4.78, 5) is 29.0. The number of benzene rings is 2. The third-order valence-corrected chi connectivity index (χ3v) is 7.02. The summed E-state index contributed by atoms with van der Waals surface area (Å²) in [5, 5.41) is -0.373. The van der Waals surface area contributed by atoms with Gasteiger partial charge < -0.3 is 4.90 Å². The average molecular weight is 425 g/mol. The predicted molar refractivity (Wildman–Crippen MR) is 120 cm³/mol. The number of anilines is 1. The van der Waals surface area contributed by atoms with Gasteiger partial charge in [-0.05, 0) is 73.4 Å². The van der Waals surface area contributed by atoms with Gasteiger partial charge in [0.2, 0.25) is 0 Å². The van der Waals surface area contributed by atoms with Crippen molar-refractivity contribution >= 4 is 34.7 Å². The second-order valence-electron chi connectivity index (χ2n) is 8.65. The van der Waals surface area contributed by atoms with Crippen LogP contribution in [-0.2, 0) is 11.3 Å². The fourth-order valence-corrected chi connectivity index (χ4v) is 5.11. The average Bonchev–Trinajstić information content (AvgIpc) is 2.95. The molecule has 0 radical (unpaired) electrons. The van der Waals surface area contributed by atoms with Gasteiger partial charge in [0.05, 0.1) is 11.4 Å². The van der Waals surface area contributed by atoms with Crippen LogP contribution in [0.1, 0.15) is 49.8 Å². The Morgan fingerprint density at radius 1 is 1.20 bits per heavy atom. The molecule has 2 aromatic rings. The van der Waals surface area contributed by atoms with Gasteiger partial charge in [-0.2, -0.15) is 0 Å². The van der Waals surface area contributed by atoms with E-state index < -0.39 is 5.82 Å². The van der Waals surface area contributed by atoms with Gasteiger partial charge in [-0.25, -0.2) is 4.39 Å². The highest BCUT2D eigenvalue weighted by Crippen LogP contribution is 2.43. The van der Waals surface area contributed by atoms with Gasteiger partial charge in [-0.3, -0.25) is 14.5 Å². The lowest BCUT2D eigenvalue weighted by Gasteiger charge is -2.45. The number of carbonyl (C=O) groups excluding carboxylic acids is 2. The highest BCUT2D eigenvalue weighted by molar-refractivity contribution is 8.18. The number of hydrogen-bond donors (Lipinski definition) is 0. The molecule has 30 heavy (non-hydrogen) atoms. The van der Waals surface area contributed by atoms with Crippen molar-refractivity contribution in [2.75, 3.05) is 11.9 Å². The lowest BCUT2D eigenvalue weighted by atomic mass is 9.80. The van der Waals surface area contributed by atoms with Crippen LogP contribution < -0.4 is 4.90 Å². The maximum Gasteiger partial charge on any atom is 0.293 e. The third kappa shape index (κ3) is 3.65. The van der Waals surface area contributed by atoms with Crippen molar-refractivity contribution in [1.82, 2.24) is 4.90 Å². The first-order chi connectivity index (χ1) is 14.2. The first-order valence-corrected chi connectivity index (χ1v) is 10.9. The quantitative estimate of drug-likeness (QED) is 0.585. The van der Waals surface area contributed by atoms with Crippen LogP contribution in [0.5, 0.6) is 0 Å². The van der Waals surface area contributed by atoms with Crippen LogP contribution in [0.25, 0.3) is 6.08 Å². The van der Waals surface area contributed by atoms with Crippen molar-refractivity contribution in [1.29, 1.82) is 0 Å². The summed E-state index contributed by atoms with van der Waals surface area (Å²) in [5.74, 6) is -0.399. The normalized spacial score (nSPS) is 22.0. The molecule has 2 aliphatic heterocycles. The molecule has 4 nitrogen and oxygen atoms in total. The summed E-state index contributed by atoms with van der Waals surface area (Å²) in [6, 6.07) is 12.4. The molecule has 0 saturated carbocycles. The first-order valence-electron chi connectivity index (χ1n) is 10.0. The molecule has 0 N–H and O–H groups in total. The molecular formula is C24H25FN2O2S. The molecule has 2 amide bonds. The molecule has 6 heteroatoms. The SMILES string of the molecule is CC1CC(C)(C)N(C)c2ccc(/C=C3\SC(=O)N(Cc4ccccc4F)C3=O)cc21. The van der Waals surface area contributed by atoms with Crippen LogP contribution in [0.15, 0.2) is 47.4 Å². The zero-order chi connectivity index (χ0) is 21.6. The second-order valence-corrected chi connectivity index (χ2v) is 9.65. The van der Waals surface area contributed by atoms with Crippen molar-refractivity contribution in [3.63, 3.8) is 0 Å². The largest absolute Gasteiger partial charge is 0.369 e. The molecule has 1 saturated heterocycles. The molecule has 2 aromatic carbocycles. The molecule has 0 aromatic heterocycles. The number of fused-ring (bicyclic) bond motifs is 1. The van der Waals surface area contributed by atoms with Gasteiger partial charge in [0.1, 0.15) is 5.82 Å². The van der Waals surface area contributed by atoms with E-state index in [1.165, 1.54) is 17.3 Å². The van der Waals surface area contributed by atoms with Gasteiger partial charge in [0.15, 0.2) is 0 Å². The highest BCUT2D eigenvalue weighted by Gasteiger charge is 2.36. The van der Waals surface area contributed by atoms with Crippen molar-refractivity contribution in [2.24, 2.45) is 0 Å². The maximum atomic E-state index is 13.9. The van der Waals surface area contributed by atoms with E-state index in [0.29, 0.717) is 16.4 Å². The Hall–Kier alpha value is -2.60. The summed E-state index contributed by atoms with van der Waals surface area (Å²) in [6.07, 6.45) is 2.80. The molecular weight excluding hydrogens is 399 g/mol. The fourth-order valence-electron chi connectivity index (χ4n) is 4.27. The number of rotatable bonds is 3. The van der Waals surface area contributed by atoms with Crippen molar-refractivity contribution in [3.8, 4) is 0 Å². The molecule has 1 fully saturated rings. The zero-order valence-electron chi connectivity index (χ0n) is 17.6. The Balaban J connectivity index is 1.60. The summed E-state index contributed by atoms with van der Waals surface area (Å²) in [7, 11) is 2.11. The van der Waals surface area contributed by atoms with Gasteiger partial charge in [-0.1, -0.05) is 31.2 Å². The lowest BCUT2D eigenvalue weighted by molar-refractivity contribution is -0.123.